The fourth-order valence-electron chi connectivity index (χ4n) is 2.50. The van der Waals surface area contributed by atoms with Crippen molar-refractivity contribution in [1.82, 2.24) is 0 Å². The molecular weight excluding hydrogens is 310 g/mol. The highest BCUT2D eigenvalue weighted by molar-refractivity contribution is 9.10. The zero-order valence-corrected chi connectivity index (χ0v) is 14.2. The van der Waals surface area contributed by atoms with Crippen molar-refractivity contribution in [1.29, 1.82) is 0 Å². The van der Waals surface area contributed by atoms with Gasteiger partial charge in [-0.3, -0.25) is 0 Å². The molecule has 0 amide bonds. The Labute approximate surface area is 130 Å². The van der Waals surface area contributed by atoms with Crippen molar-refractivity contribution in [3.63, 3.8) is 0 Å². The van der Waals surface area contributed by atoms with Crippen LogP contribution < -0.4 is 5.32 Å². The van der Waals surface area contributed by atoms with Crippen LogP contribution in [0, 0.1) is 19.8 Å². The average molecular weight is 332 g/mol. The molecule has 0 aliphatic heterocycles. The second kappa shape index (κ2) is 6.45. The predicted molar refractivity (Wildman–Crippen MR) is 91.3 cm³/mol. The molecule has 1 N–H and O–H groups in total. The fraction of sp³-hybridized carbons (Fsp3) is 0.333. The minimum absolute atomic E-state index is 0.330. The van der Waals surface area contributed by atoms with Gasteiger partial charge in [-0.05, 0) is 48.6 Å². The number of anilines is 1. The van der Waals surface area contributed by atoms with Gasteiger partial charge in [0, 0.05) is 10.2 Å². The molecule has 0 heterocycles. The van der Waals surface area contributed by atoms with Crippen molar-refractivity contribution >= 4 is 21.6 Å². The molecule has 2 aromatic rings. The monoisotopic (exact) mass is 331 g/mol. The van der Waals surface area contributed by atoms with Crippen molar-refractivity contribution in [2.75, 3.05) is 5.32 Å². The number of hydrogen-bond acceptors (Lipinski definition) is 1. The molecule has 0 fully saturated rings. The minimum atomic E-state index is 0.330. The highest BCUT2D eigenvalue weighted by Crippen LogP contribution is 2.30. The van der Waals surface area contributed by atoms with E-state index in [-0.39, 0.29) is 0 Å². The summed E-state index contributed by atoms with van der Waals surface area (Å²) in [5.41, 5.74) is 5.05. The second-order valence-corrected chi connectivity index (χ2v) is 6.49. The van der Waals surface area contributed by atoms with Gasteiger partial charge >= 0.3 is 0 Å². The maximum atomic E-state index is 3.68. The molecular formula is C18H22BrN. The van der Waals surface area contributed by atoms with Crippen LogP contribution in [0.1, 0.15) is 36.6 Å². The standard InChI is InChI=1S/C18H22BrN/c1-12(2)18(15-8-6-5-7-9-15)20-16-10-13(3)17(19)14(4)11-16/h5-12,18,20H,1-4H3. The van der Waals surface area contributed by atoms with E-state index in [9.17, 15) is 0 Å². The Morgan fingerprint density at radius 1 is 0.950 bits per heavy atom. The molecule has 2 heteroatoms. The molecule has 0 aliphatic carbocycles. The third-order valence-electron chi connectivity index (χ3n) is 3.58. The van der Waals surface area contributed by atoms with Gasteiger partial charge in [0.25, 0.3) is 0 Å². The summed E-state index contributed by atoms with van der Waals surface area (Å²) in [6, 6.07) is 15.4. The van der Waals surface area contributed by atoms with Gasteiger partial charge in [-0.25, -0.2) is 0 Å². The first kappa shape index (κ1) is 15.1. The normalized spacial score (nSPS) is 12.5. The number of hydrogen-bond donors (Lipinski definition) is 1. The van der Waals surface area contributed by atoms with E-state index in [0.29, 0.717) is 12.0 Å². The van der Waals surface area contributed by atoms with E-state index in [1.165, 1.54) is 26.9 Å². The van der Waals surface area contributed by atoms with Crippen molar-refractivity contribution in [2.45, 2.75) is 33.7 Å². The summed E-state index contributed by atoms with van der Waals surface area (Å²) in [5, 5.41) is 3.68. The van der Waals surface area contributed by atoms with Gasteiger partial charge in [0.1, 0.15) is 0 Å². The van der Waals surface area contributed by atoms with Crippen molar-refractivity contribution in [3.05, 3.63) is 63.6 Å². The van der Waals surface area contributed by atoms with Crippen LogP contribution in [0.25, 0.3) is 0 Å². The summed E-state index contributed by atoms with van der Waals surface area (Å²) in [6.07, 6.45) is 0. The molecule has 0 aliphatic rings. The second-order valence-electron chi connectivity index (χ2n) is 5.70. The third kappa shape index (κ3) is 3.43. The Morgan fingerprint density at radius 3 is 2.00 bits per heavy atom. The van der Waals surface area contributed by atoms with Gasteiger partial charge < -0.3 is 5.32 Å². The first-order valence-corrected chi connectivity index (χ1v) is 7.86. The largest absolute Gasteiger partial charge is 0.378 e. The van der Waals surface area contributed by atoms with Crippen LogP contribution in [0.3, 0.4) is 0 Å². The van der Waals surface area contributed by atoms with Gasteiger partial charge in [0.15, 0.2) is 0 Å². The summed E-state index contributed by atoms with van der Waals surface area (Å²) in [4.78, 5) is 0. The molecule has 2 rings (SSSR count). The molecule has 2 aromatic carbocycles. The van der Waals surface area contributed by atoms with E-state index in [1.54, 1.807) is 0 Å². The van der Waals surface area contributed by atoms with E-state index in [2.05, 4.69) is 91.4 Å². The van der Waals surface area contributed by atoms with Gasteiger partial charge in [0.05, 0.1) is 6.04 Å². The Kier molecular flexibility index (Phi) is 4.87. The number of halogens is 1. The Balaban J connectivity index is 2.30. The average Bonchev–Trinajstić information content (AvgIpc) is 2.42. The molecule has 0 spiro atoms. The highest BCUT2D eigenvalue weighted by atomic mass is 79.9. The molecule has 1 nitrogen and oxygen atoms in total. The summed E-state index contributed by atoms with van der Waals surface area (Å²) < 4.78 is 1.20. The van der Waals surface area contributed by atoms with Crippen LogP contribution in [0.4, 0.5) is 5.69 Å². The van der Waals surface area contributed by atoms with Crippen LogP contribution >= 0.6 is 15.9 Å². The first-order chi connectivity index (χ1) is 9.49. The lowest BCUT2D eigenvalue weighted by molar-refractivity contribution is 0.546. The van der Waals surface area contributed by atoms with Crippen LogP contribution in [0.5, 0.6) is 0 Å². The van der Waals surface area contributed by atoms with E-state index in [0.717, 1.165) is 0 Å². The topological polar surface area (TPSA) is 12.0 Å². The Bertz CT molecular complexity index is 552. The van der Waals surface area contributed by atoms with E-state index < -0.39 is 0 Å². The number of rotatable bonds is 4. The van der Waals surface area contributed by atoms with Gasteiger partial charge in [0.2, 0.25) is 0 Å². The summed E-state index contributed by atoms with van der Waals surface area (Å²) >= 11 is 3.63. The zero-order valence-electron chi connectivity index (χ0n) is 12.6. The molecule has 0 bridgehead atoms. The van der Waals surface area contributed by atoms with Crippen molar-refractivity contribution in [2.24, 2.45) is 5.92 Å². The van der Waals surface area contributed by atoms with E-state index >= 15 is 0 Å². The van der Waals surface area contributed by atoms with Crippen molar-refractivity contribution in [3.8, 4) is 0 Å². The first-order valence-electron chi connectivity index (χ1n) is 7.07. The predicted octanol–water partition coefficient (Wildman–Crippen LogP) is 5.88. The van der Waals surface area contributed by atoms with Crippen molar-refractivity contribution < 1.29 is 0 Å². The maximum absolute atomic E-state index is 3.68. The molecule has 20 heavy (non-hydrogen) atoms. The van der Waals surface area contributed by atoms with Gasteiger partial charge in [-0.15, -0.1) is 0 Å². The number of nitrogens with one attached hydrogen (secondary N) is 1. The summed E-state index contributed by atoms with van der Waals surface area (Å²) in [6.45, 7) is 8.77. The lowest BCUT2D eigenvalue weighted by Crippen LogP contribution is -2.16. The van der Waals surface area contributed by atoms with Gasteiger partial charge in [-0.1, -0.05) is 60.1 Å². The smallest absolute Gasteiger partial charge is 0.0536 e. The molecule has 0 radical (unpaired) electrons. The van der Waals surface area contributed by atoms with E-state index in [1.807, 2.05) is 0 Å². The quantitative estimate of drug-likeness (QED) is 0.738. The van der Waals surface area contributed by atoms with E-state index in [4.69, 9.17) is 0 Å². The lowest BCUT2D eigenvalue weighted by atomic mass is 9.95. The summed E-state index contributed by atoms with van der Waals surface area (Å²) in [7, 11) is 0. The van der Waals surface area contributed by atoms with Crippen LogP contribution in [-0.4, -0.2) is 0 Å². The SMILES string of the molecule is Cc1cc(NC(c2ccccc2)C(C)C)cc(C)c1Br. The molecule has 106 valence electrons. The molecule has 0 saturated heterocycles. The maximum Gasteiger partial charge on any atom is 0.0536 e. The molecule has 1 atom stereocenters. The zero-order chi connectivity index (χ0) is 14.7. The minimum Gasteiger partial charge on any atom is -0.378 e. The van der Waals surface area contributed by atoms with Gasteiger partial charge in [-0.2, -0.15) is 0 Å². The highest BCUT2D eigenvalue weighted by Gasteiger charge is 2.15. The Hall–Kier alpha value is -1.28. The molecule has 0 aromatic heterocycles. The number of aryl methyl sites for hydroxylation is 2. The Morgan fingerprint density at radius 2 is 1.50 bits per heavy atom. The third-order valence-corrected chi connectivity index (χ3v) is 4.83. The lowest BCUT2D eigenvalue weighted by Gasteiger charge is -2.25. The molecule has 0 saturated carbocycles. The van der Waals surface area contributed by atoms with Crippen LogP contribution in [-0.2, 0) is 0 Å². The fourth-order valence-corrected chi connectivity index (χ4v) is 2.73. The van der Waals surface area contributed by atoms with Crippen LogP contribution in [0.15, 0.2) is 46.9 Å². The number of benzene rings is 2. The van der Waals surface area contributed by atoms with Crippen LogP contribution in [0.2, 0.25) is 0 Å². The molecule has 1 unspecified atom stereocenters. The summed E-state index contributed by atoms with van der Waals surface area (Å²) in [5.74, 6) is 0.529.